The number of piperazine rings is 1. The fourth-order valence-corrected chi connectivity index (χ4v) is 4.52. The van der Waals surface area contributed by atoms with E-state index in [2.05, 4.69) is 18.7 Å². The molecule has 3 aliphatic heterocycles. The molecule has 0 aromatic heterocycles. The molecule has 3 amide bonds. The molecule has 4 rings (SSSR count). The Hall–Kier alpha value is -2.48. The van der Waals surface area contributed by atoms with Gasteiger partial charge in [0.05, 0.1) is 11.3 Å². The van der Waals surface area contributed by atoms with Crippen LogP contribution in [0.1, 0.15) is 37.0 Å². The van der Waals surface area contributed by atoms with Crippen molar-refractivity contribution in [1.82, 2.24) is 14.7 Å². The van der Waals surface area contributed by atoms with Crippen molar-refractivity contribution in [2.24, 2.45) is 0 Å². The molecule has 0 saturated carbocycles. The molecular formula is C21H27FN4O3. The normalized spacial score (nSPS) is 22.8. The number of hydrogen-bond acceptors (Lipinski definition) is 4. The Kier molecular flexibility index (Phi) is 5.29. The molecular weight excluding hydrogens is 375 g/mol. The van der Waals surface area contributed by atoms with Crippen LogP contribution < -0.4 is 4.90 Å². The van der Waals surface area contributed by atoms with Gasteiger partial charge in [-0.3, -0.25) is 19.3 Å². The lowest BCUT2D eigenvalue weighted by molar-refractivity contribution is -0.133. The summed E-state index contributed by atoms with van der Waals surface area (Å²) in [7, 11) is 0. The average Bonchev–Trinajstić information content (AvgIpc) is 3.18. The second kappa shape index (κ2) is 7.74. The van der Waals surface area contributed by atoms with E-state index in [1.807, 2.05) is 0 Å². The van der Waals surface area contributed by atoms with E-state index < -0.39 is 11.9 Å². The number of amides is 3. The first kappa shape index (κ1) is 19.8. The second-order valence-corrected chi connectivity index (χ2v) is 8.25. The number of halogens is 1. The van der Waals surface area contributed by atoms with Gasteiger partial charge < -0.3 is 14.7 Å². The van der Waals surface area contributed by atoms with Gasteiger partial charge in [0, 0.05) is 38.8 Å². The number of carbonyl (C=O) groups excluding carboxylic acids is 3. The van der Waals surface area contributed by atoms with Crippen LogP contribution in [0.25, 0.3) is 0 Å². The van der Waals surface area contributed by atoms with Crippen LogP contribution in [-0.2, 0) is 9.59 Å². The van der Waals surface area contributed by atoms with Crippen LogP contribution in [0.5, 0.6) is 0 Å². The minimum atomic E-state index is -0.580. The Balaban J connectivity index is 1.59. The summed E-state index contributed by atoms with van der Waals surface area (Å²) in [6, 6.07) is 3.69. The highest BCUT2D eigenvalue weighted by Crippen LogP contribution is 2.33. The molecule has 1 atom stereocenters. The third kappa shape index (κ3) is 3.61. The number of hydrogen-bond donors (Lipinski definition) is 0. The summed E-state index contributed by atoms with van der Waals surface area (Å²) in [6.07, 6.45) is 1.30. The van der Waals surface area contributed by atoms with E-state index in [-0.39, 0.29) is 29.8 Å². The monoisotopic (exact) mass is 402 g/mol. The van der Waals surface area contributed by atoms with Crippen molar-refractivity contribution >= 4 is 23.4 Å². The predicted octanol–water partition coefficient (Wildman–Crippen LogP) is 1.33. The standard InChI is InChI=1S/C21H27FN4O3/c1-14(2)23-8-10-24(11-9-23)19(27)13-26-17-6-5-15(22)12-16(17)20(28)25-7-3-4-18(25)21(26)29/h5-6,12,14,18H,3-4,7-11,13H2,1-2H3/t18-/m1/s1. The van der Waals surface area contributed by atoms with Gasteiger partial charge in [-0.25, -0.2) is 4.39 Å². The molecule has 0 unspecified atom stereocenters. The second-order valence-electron chi connectivity index (χ2n) is 8.25. The van der Waals surface area contributed by atoms with Crippen LogP contribution in [0.3, 0.4) is 0 Å². The lowest BCUT2D eigenvalue weighted by Crippen LogP contribution is -2.54. The van der Waals surface area contributed by atoms with Gasteiger partial charge in [-0.2, -0.15) is 0 Å². The highest BCUT2D eigenvalue weighted by Gasteiger charge is 2.43. The van der Waals surface area contributed by atoms with Crippen LogP contribution in [0.2, 0.25) is 0 Å². The average molecular weight is 402 g/mol. The van der Waals surface area contributed by atoms with Gasteiger partial charge in [0.1, 0.15) is 18.4 Å². The van der Waals surface area contributed by atoms with E-state index in [0.29, 0.717) is 37.8 Å². The Labute approximate surface area is 170 Å². The Bertz CT molecular complexity index is 835. The molecule has 29 heavy (non-hydrogen) atoms. The molecule has 3 heterocycles. The van der Waals surface area contributed by atoms with E-state index in [0.717, 1.165) is 19.5 Å². The third-order valence-electron chi connectivity index (χ3n) is 6.24. The third-order valence-corrected chi connectivity index (χ3v) is 6.24. The summed E-state index contributed by atoms with van der Waals surface area (Å²) >= 11 is 0. The van der Waals surface area contributed by atoms with Crippen molar-refractivity contribution in [3.8, 4) is 0 Å². The molecule has 2 saturated heterocycles. The lowest BCUT2D eigenvalue weighted by Gasteiger charge is -2.37. The Morgan fingerprint density at radius 1 is 1.14 bits per heavy atom. The van der Waals surface area contributed by atoms with Crippen LogP contribution in [0, 0.1) is 5.82 Å². The lowest BCUT2D eigenvalue weighted by atomic mass is 10.1. The zero-order chi connectivity index (χ0) is 20.7. The quantitative estimate of drug-likeness (QED) is 0.765. The highest BCUT2D eigenvalue weighted by atomic mass is 19.1. The molecule has 0 bridgehead atoms. The molecule has 7 nitrogen and oxygen atoms in total. The zero-order valence-corrected chi connectivity index (χ0v) is 16.9. The van der Waals surface area contributed by atoms with Gasteiger partial charge in [0.15, 0.2) is 0 Å². The predicted molar refractivity (Wildman–Crippen MR) is 106 cm³/mol. The summed E-state index contributed by atoms with van der Waals surface area (Å²) in [5.41, 5.74) is 0.477. The van der Waals surface area contributed by atoms with Crippen molar-refractivity contribution in [1.29, 1.82) is 0 Å². The molecule has 0 radical (unpaired) electrons. The SMILES string of the molecule is CC(C)N1CCN(C(=O)CN2C(=O)[C@H]3CCCN3C(=O)c3cc(F)ccc32)CC1. The number of fused-ring (bicyclic) bond motifs is 2. The van der Waals surface area contributed by atoms with E-state index in [4.69, 9.17) is 0 Å². The summed E-state index contributed by atoms with van der Waals surface area (Å²) in [6.45, 7) is 7.44. The molecule has 156 valence electrons. The fourth-order valence-electron chi connectivity index (χ4n) is 4.52. The first-order valence-electron chi connectivity index (χ1n) is 10.3. The van der Waals surface area contributed by atoms with Crippen LogP contribution >= 0.6 is 0 Å². The molecule has 0 aliphatic carbocycles. The van der Waals surface area contributed by atoms with Crippen molar-refractivity contribution in [2.45, 2.75) is 38.8 Å². The van der Waals surface area contributed by atoms with Gasteiger partial charge in [0.2, 0.25) is 11.8 Å². The highest BCUT2D eigenvalue weighted by molar-refractivity contribution is 6.12. The van der Waals surface area contributed by atoms with E-state index in [1.54, 1.807) is 4.90 Å². The molecule has 0 N–H and O–H groups in total. The molecule has 1 aromatic rings. The van der Waals surface area contributed by atoms with E-state index >= 15 is 0 Å². The maximum atomic E-state index is 13.9. The number of carbonyl (C=O) groups is 3. The zero-order valence-electron chi connectivity index (χ0n) is 16.9. The van der Waals surface area contributed by atoms with Crippen LogP contribution in [0.4, 0.5) is 10.1 Å². The minimum absolute atomic E-state index is 0.128. The largest absolute Gasteiger partial charge is 0.339 e. The van der Waals surface area contributed by atoms with Crippen molar-refractivity contribution in [2.75, 3.05) is 44.2 Å². The van der Waals surface area contributed by atoms with Gasteiger partial charge in [-0.15, -0.1) is 0 Å². The first-order chi connectivity index (χ1) is 13.9. The number of benzene rings is 1. The van der Waals surface area contributed by atoms with E-state index in [9.17, 15) is 18.8 Å². The molecule has 8 heteroatoms. The van der Waals surface area contributed by atoms with Gasteiger partial charge in [-0.1, -0.05) is 0 Å². The number of nitrogens with zero attached hydrogens (tertiary/aromatic N) is 4. The maximum Gasteiger partial charge on any atom is 0.256 e. The Morgan fingerprint density at radius 3 is 2.55 bits per heavy atom. The van der Waals surface area contributed by atoms with Crippen LogP contribution in [0.15, 0.2) is 18.2 Å². The topological polar surface area (TPSA) is 64.2 Å². The van der Waals surface area contributed by atoms with Gasteiger partial charge in [0.25, 0.3) is 5.91 Å². The summed E-state index contributed by atoms with van der Waals surface area (Å²) in [5, 5.41) is 0. The van der Waals surface area contributed by atoms with E-state index in [1.165, 1.54) is 28.0 Å². The van der Waals surface area contributed by atoms with Gasteiger partial charge >= 0.3 is 0 Å². The molecule has 3 aliphatic rings. The smallest absolute Gasteiger partial charge is 0.256 e. The summed E-state index contributed by atoms with van der Waals surface area (Å²) in [5.74, 6) is -1.26. The number of anilines is 1. The van der Waals surface area contributed by atoms with Crippen molar-refractivity contribution in [3.05, 3.63) is 29.6 Å². The number of rotatable bonds is 3. The van der Waals surface area contributed by atoms with Crippen LogP contribution in [-0.4, -0.2) is 83.8 Å². The fraction of sp³-hybridized carbons (Fsp3) is 0.571. The maximum absolute atomic E-state index is 13.9. The molecule has 1 aromatic carbocycles. The van der Waals surface area contributed by atoms with Crippen molar-refractivity contribution in [3.63, 3.8) is 0 Å². The first-order valence-corrected chi connectivity index (χ1v) is 10.3. The Morgan fingerprint density at radius 2 is 1.86 bits per heavy atom. The molecule has 2 fully saturated rings. The molecule has 0 spiro atoms. The van der Waals surface area contributed by atoms with Crippen molar-refractivity contribution < 1.29 is 18.8 Å². The summed E-state index contributed by atoms with van der Waals surface area (Å²) < 4.78 is 13.9. The van der Waals surface area contributed by atoms with Gasteiger partial charge in [-0.05, 0) is 44.9 Å². The minimum Gasteiger partial charge on any atom is -0.339 e. The summed E-state index contributed by atoms with van der Waals surface area (Å²) in [4.78, 5) is 46.2.